The highest BCUT2D eigenvalue weighted by atomic mass is 79.9. The summed E-state index contributed by atoms with van der Waals surface area (Å²) in [7, 11) is 3.28. The molecule has 0 aromatic heterocycles. The lowest BCUT2D eigenvalue weighted by Gasteiger charge is -2.17. The van der Waals surface area contributed by atoms with Gasteiger partial charge in [-0.25, -0.2) is 4.39 Å². The molecule has 158 valence electrons. The lowest BCUT2D eigenvalue weighted by molar-refractivity contribution is 0.280. The van der Waals surface area contributed by atoms with Crippen molar-refractivity contribution in [2.45, 2.75) is 19.6 Å². The molecule has 0 aliphatic rings. The Morgan fingerprint density at radius 2 is 1.57 bits per heavy atom. The van der Waals surface area contributed by atoms with Crippen molar-refractivity contribution in [2.24, 2.45) is 0 Å². The maximum absolute atomic E-state index is 13.1. The van der Waals surface area contributed by atoms with E-state index >= 15 is 0 Å². The van der Waals surface area contributed by atoms with Crippen LogP contribution in [0.3, 0.4) is 0 Å². The fourth-order valence-electron chi connectivity index (χ4n) is 3.04. The molecule has 4 nitrogen and oxygen atoms in total. The zero-order chi connectivity index (χ0) is 21.3. The molecule has 0 fully saturated rings. The third-order valence-corrected chi connectivity index (χ3v) is 5.48. The van der Waals surface area contributed by atoms with Gasteiger partial charge in [0.1, 0.15) is 18.2 Å². The molecule has 0 heterocycles. The number of hydrogen-bond donors (Lipinski definition) is 1. The number of methoxy groups -OCH3 is 2. The molecule has 0 saturated carbocycles. The number of halogens is 2. The average Bonchev–Trinajstić information content (AvgIpc) is 2.78. The second-order valence-electron chi connectivity index (χ2n) is 6.75. The summed E-state index contributed by atoms with van der Waals surface area (Å²) in [6.07, 6.45) is 0.900. The molecule has 0 radical (unpaired) electrons. The van der Waals surface area contributed by atoms with E-state index in [-0.39, 0.29) is 5.82 Å². The van der Waals surface area contributed by atoms with E-state index in [1.807, 2.05) is 24.3 Å². The Balaban J connectivity index is 1.64. The SMILES string of the molecule is COc1ccc(CCNCc2c(Br)ccc(OC)c2OCc2ccc(F)cc2)cc1. The van der Waals surface area contributed by atoms with Gasteiger partial charge in [0.05, 0.1) is 14.2 Å². The Morgan fingerprint density at radius 1 is 0.867 bits per heavy atom. The van der Waals surface area contributed by atoms with Crippen LogP contribution in [0.15, 0.2) is 65.1 Å². The van der Waals surface area contributed by atoms with Crippen LogP contribution in [0.4, 0.5) is 4.39 Å². The van der Waals surface area contributed by atoms with Crippen molar-refractivity contribution >= 4 is 15.9 Å². The molecule has 0 bridgehead atoms. The number of ether oxygens (including phenoxy) is 3. The van der Waals surface area contributed by atoms with Crippen molar-refractivity contribution in [3.8, 4) is 17.2 Å². The Hall–Kier alpha value is -2.57. The predicted molar refractivity (Wildman–Crippen MR) is 120 cm³/mol. The summed E-state index contributed by atoms with van der Waals surface area (Å²) in [4.78, 5) is 0. The van der Waals surface area contributed by atoms with E-state index in [1.54, 1.807) is 26.4 Å². The van der Waals surface area contributed by atoms with E-state index in [9.17, 15) is 4.39 Å². The van der Waals surface area contributed by atoms with Crippen LogP contribution in [0.1, 0.15) is 16.7 Å². The van der Waals surface area contributed by atoms with E-state index in [1.165, 1.54) is 17.7 Å². The molecule has 0 aliphatic heterocycles. The van der Waals surface area contributed by atoms with Crippen molar-refractivity contribution in [1.29, 1.82) is 0 Å². The van der Waals surface area contributed by atoms with Gasteiger partial charge >= 0.3 is 0 Å². The molecular formula is C24H25BrFNO3. The van der Waals surface area contributed by atoms with Crippen LogP contribution in [0.2, 0.25) is 0 Å². The molecule has 0 spiro atoms. The van der Waals surface area contributed by atoms with Gasteiger partial charge in [0.2, 0.25) is 0 Å². The van der Waals surface area contributed by atoms with Crippen LogP contribution in [-0.4, -0.2) is 20.8 Å². The normalized spacial score (nSPS) is 10.7. The van der Waals surface area contributed by atoms with Crippen molar-refractivity contribution in [3.63, 3.8) is 0 Å². The van der Waals surface area contributed by atoms with Gasteiger partial charge in [0, 0.05) is 16.6 Å². The molecule has 6 heteroatoms. The van der Waals surface area contributed by atoms with E-state index in [0.29, 0.717) is 24.7 Å². The molecule has 3 aromatic carbocycles. The second-order valence-corrected chi connectivity index (χ2v) is 7.60. The summed E-state index contributed by atoms with van der Waals surface area (Å²) in [5, 5.41) is 3.47. The first kappa shape index (κ1) is 22.1. The molecule has 0 amide bonds. The minimum absolute atomic E-state index is 0.263. The smallest absolute Gasteiger partial charge is 0.167 e. The molecular weight excluding hydrogens is 449 g/mol. The van der Waals surface area contributed by atoms with Crippen LogP contribution >= 0.6 is 15.9 Å². The maximum Gasteiger partial charge on any atom is 0.167 e. The molecule has 0 unspecified atom stereocenters. The largest absolute Gasteiger partial charge is 0.497 e. The minimum atomic E-state index is -0.263. The molecule has 0 aliphatic carbocycles. The Bertz CT molecular complexity index is 946. The van der Waals surface area contributed by atoms with E-state index in [2.05, 4.69) is 33.4 Å². The van der Waals surface area contributed by atoms with Gasteiger partial charge in [0.25, 0.3) is 0 Å². The molecule has 1 N–H and O–H groups in total. The van der Waals surface area contributed by atoms with Gasteiger partial charge in [0.15, 0.2) is 11.5 Å². The van der Waals surface area contributed by atoms with Crippen molar-refractivity contribution in [2.75, 3.05) is 20.8 Å². The van der Waals surface area contributed by atoms with Gasteiger partial charge in [-0.3, -0.25) is 0 Å². The number of rotatable bonds is 10. The van der Waals surface area contributed by atoms with E-state index in [0.717, 1.165) is 34.3 Å². The van der Waals surface area contributed by atoms with Crippen molar-refractivity contribution < 1.29 is 18.6 Å². The number of hydrogen-bond acceptors (Lipinski definition) is 4. The van der Waals surface area contributed by atoms with Gasteiger partial charge in [-0.2, -0.15) is 0 Å². The van der Waals surface area contributed by atoms with Crippen LogP contribution in [0, 0.1) is 5.82 Å². The highest BCUT2D eigenvalue weighted by molar-refractivity contribution is 9.10. The fourth-order valence-corrected chi connectivity index (χ4v) is 3.49. The summed E-state index contributed by atoms with van der Waals surface area (Å²) in [6, 6.07) is 18.2. The minimum Gasteiger partial charge on any atom is -0.497 e. The first-order chi connectivity index (χ1) is 14.6. The topological polar surface area (TPSA) is 39.7 Å². The number of benzene rings is 3. The third-order valence-electron chi connectivity index (χ3n) is 4.73. The predicted octanol–water partition coefficient (Wildman–Crippen LogP) is 5.52. The zero-order valence-electron chi connectivity index (χ0n) is 17.1. The van der Waals surface area contributed by atoms with Gasteiger partial charge in [-0.1, -0.05) is 40.2 Å². The van der Waals surface area contributed by atoms with Crippen LogP contribution in [-0.2, 0) is 19.6 Å². The van der Waals surface area contributed by atoms with Gasteiger partial charge in [-0.15, -0.1) is 0 Å². The maximum atomic E-state index is 13.1. The first-order valence-electron chi connectivity index (χ1n) is 9.67. The summed E-state index contributed by atoms with van der Waals surface area (Å²) < 4.78 is 30.8. The molecule has 3 aromatic rings. The number of nitrogens with one attached hydrogen (secondary N) is 1. The quantitative estimate of drug-likeness (QED) is 0.393. The van der Waals surface area contributed by atoms with Gasteiger partial charge in [-0.05, 0) is 60.5 Å². The molecule has 30 heavy (non-hydrogen) atoms. The zero-order valence-corrected chi connectivity index (χ0v) is 18.7. The van der Waals surface area contributed by atoms with Crippen LogP contribution < -0.4 is 19.5 Å². The summed E-state index contributed by atoms with van der Waals surface area (Å²) >= 11 is 3.62. The summed E-state index contributed by atoms with van der Waals surface area (Å²) in [6.45, 7) is 1.76. The average molecular weight is 474 g/mol. The van der Waals surface area contributed by atoms with Crippen LogP contribution in [0.25, 0.3) is 0 Å². The standard InChI is InChI=1S/C24H25BrFNO3/c1-28-20-9-5-17(6-10-20)13-14-27-15-21-22(25)11-12-23(29-2)24(21)30-16-18-3-7-19(26)8-4-18/h3-12,27H,13-16H2,1-2H3. The Kier molecular flexibility index (Phi) is 8.11. The summed E-state index contributed by atoms with van der Waals surface area (Å²) in [5.41, 5.74) is 3.10. The van der Waals surface area contributed by atoms with E-state index in [4.69, 9.17) is 14.2 Å². The lowest BCUT2D eigenvalue weighted by atomic mass is 10.1. The Labute approximate surface area is 185 Å². The van der Waals surface area contributed by atoms with Crippen LogP contribution in [0.5, 0.6) is 17.2 Å². The Morgan fingerprint density at radius 3 is 2.23 bits per heavy atom. The lowest BCUT2D eigenvalue weighted by Crippen LogP contribution is -2.18. The summed E-state index contributed by atoms with van der Waals surface area (Å²) in [5.74, 6) is 1.93. The third kappa shape index (κ3) is 5.97. The highest BCUT2D eigenvalue weighted by Crippen LogP contribution is 2.36. The second kappa shape index (κ2) is 11.0. The molecule has 3 rings (SSSR count). The van der Waals surface area contributed by atoms with E-state index < -0.39 is 0 Å². The molecule has 0 saturated heterocycles. The van der Waals surface area contributed by atoms with Gasteiger partial charge < -0.3 is 19.5 Å². The van der Waals surface area contributed by atoms with Crippen molar-refractivity contribution in [3.05, 3.63) is 87.6 Å². The highest BCUT2D eigenvalue weighted by Gasteiger charge is 2.15. The van der Waals surface area contributed by atoms with Crippen molar-refractivity contribution in [1.82, 2.24) is 5.32 Å². The fraction of sp³-hybridized carbons (Fsp3) is 0.250. The first-order valence-corrected chi connectivity index (χ1v) is 10.5. The molecule has 0 atom stereocenters. The monoisotopic (exact) mass is 473 g/mol.